The van der Waals surface area contributed by atoms with E-state index in [1.807, 2.05) is 0 Å². The summed E-state index contributed by atoms with van der Waals surface area (Å²) in [5.74, 6) is 1.51. The Morgan fingerprint density at radius 3 is 1.68 bits per heavy atom. The van der Waals surface area contributed by atoms with Crippen LogP contribution in [0.4, 0.5) is 0 Å². The van der Waals surface area contributed by atoms with Crippen LogP contribution < -0.4 is 0 Å². The van der Waals surface area contributed by atoms with Crippen LogP contribution in [-0.2, 0) is 0 Å². The van der Waals surface area contributed by atoms with Gasteiger partial charge in [-0.2, -0.15) is 0 Å². The Hall–Kier alpha value is -2.34. The van der Waals surface area contributed by atoms with Gasteiger partial charge in [-0.3, -0.25) is 0 Å². The summed E-state index contributed by atoms with van der Waals surface area (Å²) in [7, 11) is 0. The van der Waals surface area contributed by atoms with Crippen LogP contribution in [0.2, 0.25) is 0 Å². The normalized spacial score (nSPS) is 23.2. The van der Waals surface area contributed by atoms with Crippen LogP contribution >= 0.6 is 0 Å². The first-order valence-corrected chi connectivity index (χ1v) is 8.05. The number of rotatable bonds is 2. The van der Waals surface area contributed by atoms with Crippen LogP contribution in [0.15, 0.2) is 84.9 Å². The summed E-state index contributed by atoms with van der Waals surface area (Å²) < 4.78 is 0. The Labute approximate surface area is 132 Å². The van der Waals surface area contributed by atoms with E-state index in [9.17, 15) is 0 Å². The van der Waals surface area contributed by atoms with Gasteiger partial charge in [-0.05, 0) is 28.2 Å². The third kappa shape index (κ3) is 2.07. The Bertz CT molecular complexity index is 758. The minimum absolute atomic E-state index is 0.454. The van der Waals surface area contributed by atoms with E-state index in [1.54, 1.807) is 0 Å². The zero-order chi connectivity index (χ0) is 14.9. The molecule has 0 bridgehead atoms. The molecule has 1 aliphatic carbocycles. The van der Waals surface area contributed by atoms with E-state index in [2.05, 4.69) is 91.9 Å². The largest absolute Gasteiger partial charge is 0.0622 e. The van der Waals surface area contributed by atoms with E-state index in [1.165, 1.54) is 22.3 Å². The van der Waals surface area contributed by atoms with Gasteiger partial charge in [-0.1, -0.05) is 91.9 Å². The molecule has 4 rings (SSSR count). The molecule has 0 nitrogen and oxygen atoms in total. The molecule has 0 spiro atoms. The zero-order valence-electron chi connectivity index (χ0n) is 12.8. The molecule has 0 saturated heterocycles. The molecular formula is C22H20. The molecule has 3 aromatic carbocycles. The van der Waals surface area contributed by atoms with E-state index in [-0.39, 0.29) is 0 Å². The van der Waals surface area contributed by atoms with Crippen LogP contribution in [0.3, 0.4) is 0 Å². The van der Waals surface area contributed by atoms with Gasteiger partial charge in [-0.25, -0.2) is 0 Å². The first-order chi connectivity index (χ1) is 10.9. The number of fused-ring (bicyclic) bond motifs is 1. The maximum Gasteiger partial charge on any atom is 0.0167 e. The maximum atomic E-state index is 2.37. The molecule has 0 heterocycles. The van der Waals surface area contributed by atoms with Crippen molar-refractivity contribution in [2.45, 2.75) is 24.7 Å². The van der Waals surface area contributed by atoms with E-state index in [4.69, 9.17) is 0 Å². The van der Waals surface area contributed by atoms with Gasteiger partial charge in [-0.15, -0.1) is 0 Å². The lowest BCUT2D eigenvalue weighted by Crippen LogP contribution is -2.10. The average Bonchev–Trinajstić information content (AvgIpc) is 2.90. The molecule has 1 aliphatic rings. The lowest BCUT2D eigenvalue weighted by atomic mass is 9.78. The van der Waals surface area contributed by atoms with Crippen molar-refractivity contribution >= 4 is 0 Å². The predicted octanol–water partition coefficient (Wildman–Crippen LogP) is 5.72. The first kappa shape index (κ1) is 13.3. The molecule has 0 N–H and O–H groups in total. The highest BCUT2D eigenvalue weighted by molar-refractivity contribution is 5.50. The minimum Gasteiger partial charge on any atom is -0.0622 e. The summed E-state index contributed by atoms with van der Waals surface area (Å²) in [6.45, 7) is 2.37. The maximum absolute atomic E-state index is 2.37. The molecule has 108 valence electrons. The van der Waals surface area contributed by atoms with Gasteiger partial charge < -0.3 is 0 Å². The molecule has 0 aromatic heterocycles. The van der Waals surface area contributed by atoms with E-state index >= 15 is 0 Å². The third-order valence-corrected chi connectivity index (χ3v) is 5.06. The first-order valence-electron chi connectivity index (χ1n) is 8.05. The van der Waals surface area contributed by atoms with Crippen LogP contribution in [0, 0.1) is 0 Å². The van der Waals surface area contributed by atoms with Crippen molar-refractivity contribution in [3.8, 4) is 0 Å². The lowest BCUT2D eigenvalue weighted by Gasteiger charge is -2.24. The Kier molecular flexibility index (Phi) is 3.31. The van der Waals surface area contributed by atoms with Crippen molar-refractivity contribution in [2.75, 3.05) is 0 Å². The van der Waals surface area contributed by atoms with Crippen molar-refractivity contribution in [3.63, 3.8) is 0 Å². The molecule has 22 heavy (non-hydrogen) atoms. The molecule has 0 aliphatic heterocycles. The second-order valence-corrected chi connectivity index (χ2v) is 6.24. The molecule has 0 saturated carbocycles. The van der Waals surface area contributed by atoms with Crippen molar-refractivity contribution in [2.24, 2.45) is 0 Å². The second-order valence-electron chi connectivity index (χ2n) is 6.24. The lowest BCUT2D eigenvalue weighted by molar-refractivity contribution is 0.573. The van der Waals surface area contributed by atoms with Crippen LogP contribution in [-0.4, -0.2) is 0 Å². The summed E-state index contributed by atoms with van der Waals surface area (Å²) >= 11 is 0. The zero-order valence-corrected chi connectivity index (χ0v) is 12.8. The fraction of sp³-hybridized carbons (Fsp3) is 0.182. The highest BCUT2D eigenvalue weighted by Gasteiger charge is 2.39. The van der Waals surface area contributed by atoms with Gasteiger partial charge in [0.1, 0.15) is 0 Å². The van der Waals surface area contributed by atoms with Gasteiger partial charge >= 0.3 is 0 Å². The fourth-order valence-corrected chi connectivity index (χ4v) is 4.09. The van der Waals surface area contributed by atoms with Crippen molar-refractivity contribution in [3.05, 3.63) is 107 Å². The van der Waals surface area contributed by atoms with Crippen LogP contribution in [0.1, 0.15) is 46.9 Å². The monoisotopic (exact) mass is 284 g/mol. The summed E-state index contributed by atoms with van der Waals surface area (Å²) in [6.07, 6.45) is 0. The number of benzene rings is 3. The molecule has 3 aromatic rings. The van der Waals surface area contributed by atoms with Crippen molar-refractivity contribution in [1.82, 2.24) is 0 Å². The molecule has 0 heteroatoms. The quantitative estimate of drug-likeness (QED) is 0.564. The summed E-state index contributed by atoms with van der Waals surface area (Å²) in [4.78, 5) is 0. The third-order valence-electron chi connectivity index (χ3n) is 5.06. The molecule has 3 unspecified atom stereocenters. The summed E-state index contributed by atoms with van der Waals surface area (Å²) in [5, 5.41) is 0. The fourth-order valence-electron chi connectivity index (χ4n) is 4.09. The Morgan fingerprint density at radius 2 is 1.05 bits per heavy atom. The highest BCUT2D eigenvalue weighted by atomic mass is 14.4. The number of hydrogen-bond donors (Lipinski definition) is 0. The minimum atomic E-state index is 0.454. The van der Waals surface area contributed by atoms with Gasteiger partial charge in [0.2, 0.25) is 0 Å². The molecule has 0 radical (unpaired) electrons. The van der Waals surface area contributed by atoms with Crippen molar-refractivity contribution in [1.29, 1.82) is 0 Å². The predicted molar refractivity (Wildman–Crippen MR) is 92.3 cm³/mol. The molecule has 0 amide bonds. The molecule has 3 atom stereocenters. The Morgan fingerprint density at radius 1 is 0.545 bits per heavy atom. The van der Waals surface area contributed by atoms with Crippen molar-refractivity contribution < 1.29 is 0 Å². The number of hydrogen-bond acceptors (Lipinski definition) is 0. The van der Waals surface area contributed by atoms with Gasteiger partial charge in [0.25, 0.3) is 0 Å². The topological polar surface area (TPSA) is 0 Å². The highest BCUT2D eigenvalue weighted by Crippen LogP contribution is 2.54. The van der Waals surface area contributed by atoms with Gasteiger partial charge in [0.15, 0.2) is 0 Å². The SMILES string of the molecule is CC1c2ccccc2C(c2ccccc2)C1c1ccccc1. The van der Waals surface area contributed by atoms with Crippen LogP contribution in [0.25, 0.3) is 0 Å². The summed E-state index contributed by atoms with van der Waals surface area (Å²) in [6, 6.07) is 30.9. The smallest absolute Gasteiger partial charge is 0.0167 e. The average molecular weight is 284 g/mol. The van der Waals surface area contributed by atoms with Gasteiger partial charge in [0.05, 0.1) is 0 Å². The van der Waals surface area contributed by atoms with E-state index in [0.717, 1.165) is 0 Å². The molecular weight excluding hydrogens is 264 g/mol. The standard InChI is InChI=1S/C22H20/c1-16-19-14-8-9-15-20(19)22(18-12-6-3-7-13-18)21(16)17-10-4-2-5-11-17/h2-16,21-22H,1H3. The Balaban J connectivity index is 1.90. The second kappa shape index (κ2) is 5.46. The van der Waals surface area contributed by atoms with E-state index in [0.29, 0.717) is 17.8 Å². The van der Waals surface area contributed by atoms with Gasteiger partial charge in [0, 0.05) is 11.8 Å². The van der Waals surface area contributed by atoms with E-state index < -0.39 is 0 Å². The van der Waals surface area contributed by atoms with Crippen LogP contribution in [0.5, 0.6) is 0 Å². The molecule has 0 fully saturated rings. The summed E-state index contributed by atoms with van der Waals surface area (Å²) in [5.41, 5.74) is 5.87.